The summed E-state index contributed by atoms with van der Waals surface area (Å²) in [5.41, 5.74) is 6.05. The summed E-state index contributed by atoms with van der Waals surface area (Å²) in [6, 6.07) is 0. The number of nitrogens with two attached hydrogens (primary N) is 1. The molecule has 1 rings (SSSR count). The minimum atomic E-state index is -0.515. The highest BCUT2D eigenvalue weighted by Gasteiger charge is 2.01. The Morgan fingerprint density at radius 1 is 1.62 bits per heavy atom. The van der Waals surface area contributed by atoms with E-state index in [1.165, 1.54) is 12.5 Å². The Morgan fingerprint density at radius 2 is 2.38 bits per heavy atom. The van der Waals surface area contributed by atoms with Gasteiger partial charge in [-0.05, 0) is 13.0 Å². The fourth-order valence-corrected chi connectivity index (χ4v) is 0.810. The Balaban J connectivity index is 2.83. The van der Waals surface area contributed by atoms with Crippen molar-refractivity contribution in [3.8, 4) is 0 Å². The van der Waals surface area contributed by atoms with Crippen LogP contribution in [0.4, 0.5) is 10.1 Å². The van der Waals surface area contributed by atoms with Gasteiger partial charge in [0.15, 0.2) is 5.82 Å². The number of anilines is 1. The van der Waals surface area contributed by atoms with Gasteiger partial charge in [0.1, 0.15) is 0 Å². The molecule has 0 fully saturated rings. The highest BCUT2D eigenvalue weighted by molar-refractivity contribution is 5.62. The quantitative estimate of drug-likeness (QED) is 0.725. The first kappa shape index (κ1) is 9.51. The van der Waals surface area contributed by atoms with E-state index in [1.54, 1.807) is 6.08 Å². The fourth-order valence-electron chi connectivity index (χ4n) is 0.810. The van der Waals surface area contributed by atoms with Gasteiger partial charge in [-0.25, -0.2) is 4.39 Å². The van der Waals surface area contributed by atoms with Gasteiger partial charge in [-0.2, -0.15) is 0 Å². The van der Waals surface area contributed by atoms with Crippen LogP contribution in [-0.4, -0.2) is 11.6 Å². The molecule has 0 bridgehead atoms. The molecule has 0 saturated carbocycles. The van der Waals surface area contributed by atoms with E-state index < -0.39 is 5.82 Å². The van der Waals surface area contributed by atoms with Crippen molar-refractivity contribution < 1.29 is 9.13 Å². The van der Waals surface area contributed by atoms with Crippen LogP contribution in [0.1, 0.15) is 12.5 Å². The summed E-state index contributed by atoms with van der Waals surface area (Å²) in [6.07, 6.45) is 5.60. The van der Waals surface area contributed by atoms with Crippen molar-refractivity contribution in [2.75, 3.05) is 12.3 Å². The van der Waals surface area contributed by atoms with Crippen molar-refractivity contribution in [1.82, 2.24) is 4.98 Å². The molecule has 1 heterocycles. The normalized spacial score (nSPS) is 10.6. The summed E-state index contributed by atoms with van der Waals surface area (Å²) in [4.78, 5) is 3.66. The number of nitrogens with zero attached hydrogens (tertiary/aromatic N) is 1. The number of ether oxygens (including phenoxy) is 1. The molecule has 0 atom stereocenters. The average molecular weight is 182 g/mol. The van der Waals surface area contributed by atoms with Gasteiger partial charge in [-0.15, -0.1) is 0 Å². The Bertz CT molecular complexity index is 312. The Labute approximate surface area is 76.0 Å². The minimum absolute atomic E-state index is 0.0888. The lowest BCUT2D eigenvalue weighted by atomic mass is 10.2. The van der Waals surface area contributed by atoms with E-state index in [4.69, 9.17) is 10.5 Å². The number of pyridine rings is 1. The number of aromatic nitrogens is 1. The molecule has 0 amide bonds. The van der Waals surface area contributed by atoms with E-state index in [-0.39, 0.29) is 5.69 Å². The van der Waals surface area contributed by atoms with Crippen LogP contribution in [0.3, 0.4) is 0 Å². The first-order valence-corrected chi connectivity index (χ1v) is 3.92. The summed E-state index contributed by atoms with van der Waals surface area (Å²) in [7, 11) is 0. The van der Waals surface area contributed by atoms with Crippen molar-refractivity contribution in [3.05, 3.63) is 30.0 Å². The van der Waals surface area contributed by atoms with E-state index in [9.17, 15) is 4.39 Å². The van der Waals surface area contributed by atoms with Gasteiger partial charge in [-0.3, -0.25) is 4.98 Å². The SMILES string of the molecule is CCO/C=C/c1cncc(F)c1N. The maximum Gasteiger partial charge on any atom is 0.164 e. The van der Waals surface area contributed by atoms with Crippen LogP contribution in [0.5, 0.6) is 0 Å². The zero-order valence-electron chi connectivity index (χ0n) is 7.33. The summed E-state index contributed by atoms with van der Waals surface area (Å²) in [5.74, 6) is -0.515. The summed E-state index contributed by atoms with van der Waals surface area (Å²) in [5, 5.41) is 0. The molecular weight excluding hydrogens is 171 g/mol. The van der Waals surface area contributed by atoms with Gasteiger partial charge in [0.25, 0.3) is 0 Å². The fraction of sp³-hybridized carbons (Fsp3) is 0.222. The number of nitrogen functional groups attached to an aromatic ring is 1. The van der Waals surface area contributed by atoms with Crippen molar-refractivity contribution in [3.63, 3.8) is 0 Å². The molecule has 0 aliphatic carbocycles. The van der Waals surface area contributed by atoms with Crippen LogP contribution in [0.2, 0.25) is 0 Å². The van der Waals surface area contributed by atoms with E-state index in [2.05, 4.69) is 4.98 Å². The van der Waals surface area contributed by atoms with Gasteiger partial charge in [-0.1, -0.05) is 0 Å². The predicted molar refractivity (Wildman–Crippen MR) is 49.3 cm³/mol. The molecule has 0 radical (unpaired) electrons. The van der Waals surface area contributed by atoms with Crippen LogP contribution >= 0.6 is 0 Å². The summed E-state index contributed by atoms with van der Waals surface area (Å²) < 4.78 is 17.8. The zero-order valence-corrected chi connectivity index (χ0v) is 7.33. The second-order valence-corrected chi connectivity index (χ2v) is 2.38. The van der Waals surface area contributed by atoms with E-state index in [0.29, 0.717) is 12.2 Å². The van der Waals surface area contributed by atoms with Crippen molar-refractivity contribution >= 4 is 11.8 Å². The smallest absolute Gasteiger partial charge is 0.164 e. The topological polar surface area (TPSA) is 48.1 Å². The van der Waals surface area contributed by atoms with Crippen molar-refractivity contribution in [1.29, 1.82) is 0 Å². The predicted octanol–water partition coefficient (Wildman–Crippen LogP) is 1.81. The molecule has 2 N–H and O–H groups in total. The van der Waals surface area contributed by atoms with Gasteiger partial charge in [0.05, 0.1) is 24.8 Å². The second-order valence-electron chi connectivity index (χ2n) is 2.38. The molecule has 4 heteroatoms. The van der Waals surface area contributed by atoms with Crippen molar-refractivity contribution in [2.45, 2.75) is 6.92 Å². The molecule has 13 heavy (non-hydrogen) atoms. The molecule has 3 nitrogen and oxygen atoms in total. The molecule has 0 spiro atoms. The third kappa shape index (κ3) is 2.43. The van der Waals surface area contributed by atoms with Crippen LogP contribution in [0.25, 0.3) is 6.08 Å². The summed E-state index contributed by atoms with van der Waals surface area (Å²) in [6.45, 7) is 2.43. The standard InChI is InChI=1S/C9H11FN2O/c1-2-13-4-3-7-5-12-6-8(10)9(7)11/h3-6H,2H2,1H3,(H2,11,12)/b4-3+. The maximum atomic E-state index is 12.8. The third-order valence-electron chi connectivity index (χ3n) is 1.48. The second kappa shape index (κ2) is 4.45. The minimum Gasteiger partial charge on any atom is -0.501 e. The average Bonchev–Trinajstić information content (AvgIpc) is 2.13. The number of hydrogen-bond acceptors (Lipinski definition) is 3. The molecule has 0 aliphatic heterocycles. The lowest BCUT2D eigenvalue weighted by Gasteiger charge is -1.99. The molecule has 0 aliphatic rings. The first-order chi connectivity index (χ1) is 6.25. The molecule has 0 saturated heterocycles. The van der Waals surface area contributed by atoms with E-state index >= 15 is 0 Å². The molecule has 0 unspecified atom stereocenters. The molecule has 70 valence electrons. The molecule has 1 aromatic rings. The van der Waals surface area contributed by atoms with Gasteiger partial charge in [0.2, 0.25) is 0 Å². The van der Waals surface area contributed by atoms with Gasteiger partial charge < -0.3 is 10.5 Å². The van der Waals surface area contributed by atoms with Crippen LogP contribution in [-0.2, 0) is 4.74 Å². The zero-order chi connectivity index (χ0) is 9.68. The molecule has 1 aromatic heterocycles. The van der Waals surface area contributed by atoms with Gasteiger partial charge >= 0.3 is 0 Å². The van der Waals surface area contributed by atoms with Crippen LogP contribution in [0.15, 0.2) is 18.7 Å². The highest BCUT2D eigenvalue weighted by Crippen LogP contribution is 2.15. The van der Waals surface area contributed by atoms with E-state index in [1.807, 2.05) is 6.92 Å². The summed E-state index contributed by atoms with van der Waals surface area (Å²) >= 11 is 0. The lowest BCUT2D eigenvalue weighted by Crippen LogP contribution is -1.95. The van der Waals surface area contributed by atoms with E-state index in [0.717, 1.165) is 6.20 Å². The van der Waals surface area contributed by atoms with Crippen molar-refractivity contribution in [2.24, 2.45) is 0 Å². The number of halogens is 1. The number of hydrogen-bond donors (Lipinski definition) is 1. The number of rotatable bonds is 3. The first-order valence-electron chi connectivity index (χ1n) is 3.92. The van der Waals surface area contributed by atoms with Gasteiger partial charge in [0, 0.05) is 11.8 Å². The Kier molecular flexibility index (Phi) is 3.25. The monoisotopic (exact) mass is 182 g/mol. The van der Waals surface area contributed by atoms with Crippen LogP contribution < -0.4 is 5.73 Å². The maximum absolute atomic E-state index is 12.8. The lowest BCUT2D eigenvalue weighted by molar-refractivity contribution is 0.272. The van der Waals surface area contributed by atoms with Crippen LogP contribution in [0, 0.1) is 5.82 Å². The Morgan fingerprint density at radius 3 is 3.08 bits per heavy atom. The Hall–Kier alpha value is -1.58. The molecular formula is C9H11FN2O. The third-order valence-corrected chi connectivity index (χ3v) is 1.48. The largest absolute Gasteiger partial charge is 0.501 e. The highest BCUT2D eigenvalue weighted by atomic mass is 19.1. The molecule has 0 aromatic carbocycles.